The number of nitrogens with one attached hydrogen (secondary N) is 2. The van der Waals surface area contributed by atoms with E-state index in [1.54, 1.807) is 54.0 Å². The molecule has 1 aliphatic rings. The molecular formula is C19H15N3O4S. The van der Waals surface area contributed by atoms with Crippen molar-refractivity contribution in [3.05, 3.63) is 65.2 Å². The Morgan fingerprint density at radius 2 is 1.59 bits per heavy atom. The first-order valence-electron chi connectivity index (χ1n) is 8.21. The topological polar surface area (TPSA) is 89.6 Å². The second kappa shape index (κ2) is 7.46. The van der Waals surface area contributed by atoms with Gasteiger partial charge < -0.3 is 14.8 Å². The quantitative estimate of drug-likeness (QED) is 0.723. The van der Waals surface area contributed by atoms with Gasteiger partial charge >= 0.3 is 0 Å². The van der Waals surface area contributed by atoms with E-state index < -0.39 is 0 Å². The fourth-order valence-corrected chi connectivity index (χ4v) is 3.07. The van der Waals surface area contributed by atoms with Gasteiger partial charge in [-0.05, 0) is 42.5 Å². The number of carbonyl (C=O) groups excluding carboxylic acids is 2. The second-order valence-electron chi connectivity index (χ2n) is 5.68. The summed E-state index contributed by atoms with van der Waals surface area (Å²) in [5.74, 6) is 0.665. The summed E-state index contributed by atoms with van der Waals surface area (Å²) in [6, 6.07) is 11.7. The molecule has 2 heterocycles. The van der Waals surface area contributed by atoms with Crippen molar-refractivity contribution in [2.75, 3.05) is 23.8 Å². The molecule has 136 valence electrons. The van der Waals surface area contributed by atoms with E-state index in [9.17, 15) is 9.59 Å². The Kier molecular flexibility index (Phi) is 4.71. The maximum atomic E-state index is 12.4. The van der Waals surface area contributed by atoms with Gasteiger partial charge in [-0.1, -0.05) is 0 Å². The number of carbonyl (C=O) groups is 2. The molecule has 2 amide bonds. The monoisotopic (exact) mass is 381 g/mol. The highest BCUT2D eigenvalue weighted by molar-refractivity contribution is 7.13. The zero-order valence-electron chi connectivity index (χ0n) is 14.1. The molecule has 0 bridgehead atoms. The minimum absolute atomic E-state index is 0.255. The lowest BCUT2D eigenvalue weighted by atomic mass is 10.1. The molecule has 8 heteroatoms. The van der Waals surface area contributed by atoms with Crippen LogP contribution in [0, 0.1) is 0 Å². The smallest absolute Gasteiger partial charge is 0.257 e. The number of nitrogens with zero attached hydrogens (tertiary/aromatic N) is 1. The highest BCUT2D eigenvalue weighted by atomic mass is 32.1. The fraction of sp³-hybridized carbons (Fsp3) is 0.105. The molecule has 0 saturated carbocycles. The summed E-state index contributed by atoms with van der Waals surface area (Å²) in [4.78, 5) is 28.6. The third-order valence-corrected chi connectivity index (χ3v) is 4.55. The van der Waals surface area contributed by atoms with Gasteiger partial charge in [0.15, 0.2) is 16.6 Å². The highest BCUT2D eigenvalue weighted by Crippen LogP contribution is 2.31. The number of aromatic nitrogens is 1. The summed E-state index contributed by atoms with van der Waals surface area (Å²) >= 11 is 1.35. The van der Waals surface area contributed by atoms with Gasteiger partial charge in [-0.2, -0.15) is 0 Å². The number of anilines is 2. The van der Waals surface area contributed by atoms with E-state index >= 15 is 0 Å². The first-order valence-corrected chi connectivity index (χ1v) is 9.09. The molecule has 0 atom stereocenters. The summed E-state index contributed by atoms with van der Waals surface area (Å²) in [6.07, 6.45) is 1.62. The maximum absolute atomic E-state index is 12.4. The lowest BCUT2D eigenvalue weighted by Gasteiger charge is -2.18. The minimum atomic E-state index is -0.271. The fourth-order valence-electron chi connectivity index (χ4n) is 2.55. The predicted molar refractivity (Wildman–Crippen MR) is 102 cm³/mol. The number of hydrogen-bond donors (Lipinski definition) is 2. The van der Waals surface area contributed by atoms with Crippen molar-refractivity contribution in [2.24, 2.45) is 0 Å². The van der Waals surface area contributed by atoms with Gasteiger partial charge in [0, 0.05) is 28.4 Å². The lowest BCUT2D eigenvalue weighted by molar-refractivity contribution is 0.101. The lowest BCUT2D eigenvalue weighted by Crippen LogP contribution is -2.17. The zero-order valence-corrected chi connectivity index (χ0v) is 14.9. The van der Waals surface area contributed by atoms with Crippen molar-refractivity contribution in [3.63, 3.8) is 0 Å². The zero-order chi connectivity index (χ0) is 18.6. The van der Waals surface area contributed by atoms with Crippen LogP contribution in [-0.4, -0.2) is 30.0 Å². The Balaban J connectivity index is 1.42. The summed E-state index contributed by atoms with van der Waals surface area (Å²) in [6.45, 7) is 0.962. The van der Waals surface area contributed by atoms with E-state index in [-0.39, 0.29) is 11.8 Å². The molecule has 3 aromatic rings. The first-order chi connectivity index (χ1) is 13.2. The summed E-state index contributed by atoms with van der Waals surface area (Å²) in [5, 5.41) is 7.83. The van der Waals surface area contributed by atoms with Crippen molar-refractivity contribution in [1.29, 1.82) is 0 Å². The van der Waals surface area contributed by atoms with Gasteiger partial charge in [0.05, 0.1) is 0 Å². The third-order valence-electron chi connectivity index (χ3n) is 3.86. The molecule has 0 fully saturated rings. The highest BCUT2D eigenvalue weighted by Gasteiger charge is 2.15. The predicted octanol–water partition coefficient (Wildman–Crippen LogP) is 3.42. The van der Waals surface area contributed by atoms with Crippen LogP contribution in [0.15, 0.2) is 54.0 Å². The van der Waals surface area contributed by atoms with Crippen LogP contribution in [0.2, 0.25) is 0 Å². The van der Waals surface area contributed by atoms with E-state index in [0.717, 1.165) is 0 Å². The Morgan fingerprint density at radius 1 is 0.889 bits per heavy atom. The molecule has 0 radical (unpaired) electrons. The number of hydrogen-bond acceptors (Lipinski definition) is 6. The Labute approximate surface area is 159 Å². The molecule has 0 spiro atoms. The van der Waals surface area contributed by atoms with E-state index in [1.165, 1.54) is 11.3 Å². The maximum Gasteiger partial charge on any atom is 0.257 e. The van der Waals surface area contributed by atoms with Gasteiger partial charge in [-0.25, -0.2) is 4.98 Å². The summed E-state index contributed by atoms with van der Waals surface area (Å²) < 4.78 is 10.9. The van der Waals surface area contributed by atoms with E-state index in [0.29, 0.717) is 46.7 Å². The first kappa shape index (κ1) is 17.0. The average molecular weight is 381 g/mol. The molecule has 0 saturated heterocycles. The van der Waals surface area contributed by atoms with Gasteiger partial charge in [0.1, 0.15) is 13.2 Å². The van der Waals surface area contributed by atoms with Gasteiger partial charge in [0.2, 0.25) is 0 Å². The average Bonchev–Trinajstić information content (AvgIpc) is 3.21. The van der Waals surface area contributed by atoms with Gasteiger partial charge in [0.25, 0.3) is 11.8 Å². The van der Waals surface area contributed by atoms with Gasteiger partial charge in [-0.3, -0.25) is 14.9 Å². The van der Waals surface area contributed by atoms with Crippen molar-refractivity contribution in [2.45, 2.75) is 0 Å². The number of amides is 2. The van der Waals surface area contributed by atoms with Crippen molar-refractivity contribution in [1.82, 2.24) is 4.98 Å². The molecule has 27 heavy (non-hydrogen) atoms. The standard InChI is InChI=1S/C19H15N3O4S/c23-17(22-19-20-7-10-27-19)12-1-4-14(5-2-12)21-18(24)13-3-6-15-16(11-13)26-9-8-25-15/h1-7,10-11H,8-9H2,(H,21,24)(H,20,22,23). The summed E-state index contributed by atoms with van der Waals surface area (Å²) in [7, 11) is 0. The number of benzene rings is 2. The Hall–Kier alpha value is -3.39. The molecule has 2 aromatic carbocycles. The number of ether oxygens (including phenoxy) is 2. The van der Waals surface area contributed by atoms with E-state index in [1.807, 2.05) is 0 Å². The Bertz CT molecular complexity index is 971. The second-order valence-corrected chi connectivity index (χ2v) is 6.58. The number of rotatable bonds is 4. The van der Waals surface area contributed by atoms with E-state index in [2.05, 4.69) is 15.6 Å². The van der Waals surface area contributed by atoms with Gasteiger partial charge in [-0.15, -0.1) is 11.3 Å². The SMILES string of the molecule is O=C(Nc1ccc(C(=O)Nc2nccs2)cc1)c1ccc2c(c1)OCCO2. The van der Waals surface area contributed by atoms with Crippen LogP contribution in [0.3, 0.4) is 0 Å². The molecule has 0 aliphatic carbocycles. The van der Waals surface area contributed by atoms with E-state index in [4.69, 9.17) is 9.47 Å². The Morgan fingerprint density at radius 3 is 2.33 bits per heavy atom. The normalized spacial score (nSPS) is 12.3. The van der Waals surface area contributed by atoms with Crippen molar-refractivity contribution in [3.8, 4) is 11.5 Å². The van der Waals surface area contributed by atoms with Crippen LogP contribution in [0.4, 0.5) is 10.8 Å². The molecule has 1 aromatic heterocycles. The molecule has 4 rings (SSSR count). The minimum Gasteiger partial charge on any atom is -0.486 e. The van der Waals surface area contributed by atoms with Crippen LogP contribution >= 0.6 is 11.3 Å². The van der Waals surface area contributed by atoms with Crippen molar-refractivity contribution >= 4 is 34.0 Å². The van der Waals surface area contributed by atoms with Crippen LogP contribution in [0.25, 0.3) is 0 Å². The molecular weight excluding hydrogens is 366 g/mol. The summed E-state index contributed by atoms with van der Waals surface area (Å²) in [5.41, 5.74) is 1.52. The van der Waals surface area contributed by atoms with Crippen LogP contribution in [0.5, 0.6) is 11.5 Å². The van der Waals surface area contributed by atoms with Crippen LogP contribution < -0.4 is 20.1 Å². The number of fused-ring (bicyclic) bond motifs is 1. The molecule has 2 N–H and O–H groups in total. The molecule has 7 nitrogen and oxygen atoms in total. The van der Waals surface area contributed by atoms with Crippen molar-refractivity contribution < 1.29 is 19.1 Å². The van der Waals surface area contributed by atoms with Crippen LogP contribution in [-0.2, 0) is 0 Å². The largest absolute Gasteiger partial charge is 0.486 e. The van der Waals surface area contributed by atoms with Crippen LogP contribution in [0.1, 0.15) is 20.7 Å². The third kappa shape index (κ3) is 3.90. The number of thiazole rings is 1. The molecule has 1 aliphatic heterocycles. The molecule has 0 unspecified atom stereocenters.